The lowest BCUT2D eigenvalue weighted by Gasteiger charge is -2.09. The Labute approximate surface area is 167 Å². The number of hydrogen-bond donors (Lipinski definition) is 0. The largest absolute Gasteiger partial charge is 0.457 e. The molecule has 2 aromatic heterocycles. The third-order valence-corrected chi connectivity index (χ3v) is 5.63. The molecule has 0 N–H and O–H groups in total. The van der Waals surface area contributed by atoms with Gasteiger partial charge in [-0.2, -0.15) is 0 Å². The number of aromatic nitrogens is 1. The summed E-state index contributed by atoms with van der Waals surface area (Å²) in [6.45, 7) is 4.30. The number of benzene rings is 1. The van der Waals surface area contributed by atoms with Gasteiger partial charge in [0.2, 0.25) is 5.78 Å². The third kappa shape index (κ3) is 4.75. The number of halogens is 1. The molecule has 0 atom stereocenters. The number of nitrogens with zero attached hydrogens (tertiary/aromatic N) is 1. The van der Waals surface area contributed by atoms with E-state index in [1.165, 1.54) is 17.0 Å². The molecule has 28 heavy (non-hydrogen) atoms. The Morgan fingerprint density at radius 3 is 2.64 bits per heavy atom. The van der Waals surface area contributed by atoms with Gasteiger partial charge in [0.15, 0.2) is 6.61 Å². The molecule has 2 heterocycles. The van der Waals surface area contributed by atoms with Crippen molar-refractivity contribution in [2.45, 2.75) is 33.2 Å². The molecule has 3 rings (SSSR count). The Morgan fingerprint density at radius 2 is 1.93 bits per heavy atom. The fourth-order valence-corrected chi connectivity index (χ4v) is 3.87. The van der Waals surface area contributed by atoms with E-state index in [2.05, 4.69) is 16.0 Å². The van der Waals surface area contributed by atoms with Crippen LogP contribution in [-0.4, -0.2) is 22.9 Å². The van der Waals surface area contributed by atoms with Crippen molar-refractivity contribution < 1.29 is 18.7 Å². The molecular weight excluding hydrogens is 377 g/mol. The highest BCUT2D eigenvalue weighted by atomic mass is 32.1. The summed E-state index contributed by atoms with van der Waals surface area (Å²) < 4.78 is 20.8. The normalized spacial score (nSPS) is 10.8. The van der Waals surface area contributed by atoms with E-state index in [4.69, 9.17) is 4.74 Å². The van der Waals surface area contributed by atoms with Gasteiger partial charge in [-0.05, 0) is 49.4 Å². The predicted molar refractivity (Wildman–Crippen MR) is 107 cm³/mol. The Hall–Kier alpha value is -2.73. The number of rotatable bonds is 8. The minimum absolute atomic E-state index is 0.195. The van der Waals surface area contributed by atoms with Crippen molar-refractivity contribution in [2.24, 2.45) is 0 Å². The van der Waals surface area contributed by atoms with Gasteiger partial charge in [0.25, 0.3) is 0 Å². The first-order chi connectivity index (χ1) is 13.5. The van der Waals surface area contributed by atoms with E-state index >= 15 is 0 Å². The van der Waals surface area contributed by atoms with Gasteiger partial charge in [-0.25, -0.2) is 4.39 Å². The van der Waals surface area contributed by atoms with Crippen molar-refractivity contribution in [1.29, 1.82) is 0 Å². The van der Waals surface area contributed by atoms with E-state index in [0.29, 0.717) is 5.56 Å². The summed E-state index contributed by atoms with van der Waals surface area (Å²) in [6, 6.07) is 12.0. The van der Waals surface area contributed by atoms with Gasteiger partial charge in [0.1, 0.15) is 5.82 Å². The number of carbonyl (C=O) groups excluding carboxylic acids is 2. The Kier molecular flexibility index (Phi) is 6.41. The summed E-state index contributed by atoms with van der Waals surface area (Å²) in [4.78, 5) is 25.8. The zero-order chi connectivity index (χ0) is 20.1. The molecule has 0 radical (unpaired) electrons. The maximum Gasteiger partial charge on any atom is 0.310 e. The average Bonchev–Trinajstić information content (AvgIpc) is 3.28. The summed E-state index contributed by atoms with van der Waals surface area (Å²) in [5.74, 6) is -1.33. The first-order valence-corrected chi connectivity index (χ1v) is 9.95. The van der Waals surface area contributed by atoms with E-state index in [9.17, 15) is 14.0 Å². The fraction of sp³-hybridized carbons (Fsp3) is 0.273. The van der Waals surface area contributed by atoms with Crippen LogP contribution in [0.1, 0.15) is 32.2 Å². The predicted octanol–water partition coefficient (Wildman–Crippen LogP) is 4.52. The fourth-order valence-electron chi connectivity index (χ4n) is 3.18. The zero-order valence-electron chi connectivity index (χ0n) is 15.9. The number of hydrogen-bond acceptors (Lipinski definition) is 4. The summed E-state index contributed by atoms with van der Waals surface area (Å²) >= 11 is 1.72. The molecule has 0 saturated carbocycles. The van der Waals surface area contributed by atoms with Crippen LogP contribution in [0, 0.1) is 19.7 Å². The molecule has 0 saturated heterocycles. The number of esters is 1. The monoisotopic (exact) mass is 399 g/mol. The Morgan fingerprint density at radius 1 is 1.14 bits per heavy atom. The Bertz CT molecular complexity index is 976. The van der Waals surface area contributed by atoms with Gasteiger partial charge in [-0.1, -0.05) is 24.3 Å². The lowest BCUT2D eigenvalue weighted by Crippen LogP contribution is -2.17. The minimum atomic E-state index is -0.620. The first kappa shape index (κ1) is 20.0. The SMILES string of the molecule is Cc1cc(C(=O)COC(=O)Cc2ccccc2F)c(C)n1CCc1cccs1. The number of thiophene rings is 1. The molecule has 0 aliphatic rings. The van der Waals surface area contributed by atoms with Crippen LogP contribution in [0.4, 0.5) is 4.39 Å². The molecule has 4 nitrogen and oxygen atoms in total. The highest BCUT2D eigenvalue weighted by Crippen LogP contribution is 2.18. The molecule has 0 bridgehead atoms. The maximum atomic E-state index is 13.6. The minimum Gasteiger partial charge on any atom is -0.457 e. The van der Waals surface area contributed by atoms with Crippen molar-refractivity contribution >= 4 is 23.1 Å². The second-order valence-corrected chi connectivity index (χ2v) is 7.65. The van der Waals surface area contributed by atoms with E-state index < -0.39 is 11.8 Å². The second-order valence-electron chi connectivity index (χ2n) is 6.62. The van der Waals surface area contributed by atoms with Gasteiger partial charge in [0.05, 0.1) is 6.42 Å². The molecule has 0 unspecified atom stereocenters. The quantitative estimate of drug-likeness (QED) is 0.413. The standard InChI is InChI=1S/C22H22FNO3S/c1-15-12-19(16(2)24(15)10-9-18-7-5-11-28-18)21(25)14-27-22(26)13-17-6-3-4-8-20(17)23/h3-8,11-12H,9-10,13-14H2,1-2H3. The number of aryl methyl sites for hydroxylation is 2. The highest BCUT2D eigenvalue weighted by Gasteiger charge is 2.18. The van der Waals surface area contributed by atoms with Crippen LogP contribution < -0.4 is 0 Å². The third-order valence-electron chi connectivity index (χ3n) is 4.69. The molecule has 6 heteroatoms. The van der Waals surface area contributed by atoms with Crippen molar-refractivity contribution in [3.63, 3.8) is 0 Å². The van der Waals surface area contributed by atoms with E-state index in [0.717, 1.165) is 24.4 Å². The van der Waals surface area contributed by atoms with Gasteiger partial charge in [-0.3, -0.25) is 9.59 Å². The molecular formula is C22H22FNO3S. The molecule has 1 aromatic carbocycles. The lowest BCUT2D eigenvalue weighted by atomic mass is 10.1. The summed E-state index contributed by atoms with van der Waals surface area (Å²) in [6.07, 6.45) is 0.707. The van der Waals surface area contributed by atoms with Crippen LogP contribution in [0.5, 0.6) is 0 Å². The molecule has 0 fully saturated rings. The molecule has 0 aliphatic carbocycles. The van der Waals surface area contributed by atoms with Gasteiger partial charge >= 0.3 is 5.97 Å². The van der Waals surface area contributed by atoms with E-state index in [-0.39, 0.29) is 24.4 Å². The zero-order valence-corrected chi connectivity index (χ0v) is 16.7. The van der Waals surface area contributed by atoms with Gasteiger partial charge in [0, 0.05) is 28.4 Å². The molecule has 0 aliphatic heterocycles. The number of ketones is 1. The van der Waals surface area contributed by atoms with Crippen molar-refractivity contribution in [2.75, 3.05) is 6.61 Å². The highest BCUT2D eigenvalue weighted by molar-refractivity contribution is 7.09. The summed E-state index contributed by atoms with van der Waals surface area (Å²) in [5, 5.41) is 2.05. The molecule has 0 spiro atoms. The summed E-state index contributed by atoms with van der Waals surface area (Å²) in [7, 11) is 0. The van der Waals surface area contributed by atoms with E-state index in [1.807, 2.05) is 26.0 Å². The lowest BCUT2D eigenvalue weighted by molar-refractivity contribution is -0.141. The van der Waals surface area contributed by atoms with Crippen molar-refractivity contribution in [3.8, 4) is 0 Å². The van der Waals surface area contributed by atoms with Crippen LogP contribution in [-0.2, 0) is 28.9 Å². The Balaban J connectivity index is 1.59. The average molecular weight is 399 g/mol. The second kappa shape index (κ2) is 8.97. The topological polar surface area (TPSA) is 48.3 Å². The van der Waals surface area contributed by atoms with Crippen LogP contribution in [0.25, 0.3) is 0 Å². The van der Waals surface area contributed by atoms with Gasteiger partial charge in [-0.15, -0.1) is 11.3 Å². The van der Waals surface area contributed by atoms with Crippen LogP contribution >= 0.6 is 11.3 Å². The number of carbonyl (C=O) groups is 2. The number of Topliss-reactive ketones (excluding diaryl/α,β-unsaturated/α-hetero) is 1. The molecule has 146 valence electrons. The first-order valence-electron chi connectivity index (χ1n) is 9.07. The molecule has 0 amide bonds. The van der Waals surface area contributed by atoms with E-state index in [1.54, 1.807) is 23.5 Å². The van der Waals surface area contributed by atoms with Crippen molar-refractivity contribution in [3.05, 3.63) is 81.1 Å². The van der Waals surface area contributed by atoms with Crippen molar-refractivity contribution in [1.82, 2.24) is 4.57 Å². The number of ether oxygens (including phenoxy) is 1. The van der Waals surface area contributed by atoms with Crippen LogP contribution in [0.3, 0.4) is 0 Å². The maximum absolute atomic E-state index is 13.6. The summed E-state index contributed by atoms with van der Waals surface area (Å²) in [5.41, 5.74) is 2.67. The van der Waals surface area contributed by atoms with Crippen LogP contribution in [0.2, 0.25) is 0 Å². The van der Waals surface area contributed by atoms with Crippen LogP contribution in [0.15, 0.2) is 47.8 Å². The molecule has 3 aromatic rings. The van der Waals surface area contributed by atoms with Gasteiger partial charge < -0.3 is 9.30 Å². The smallest absolute Gasteiger partial charge is 0.310 e.